The van der Waals surface area contributed by atoms with Crippen molar-refractivity contribution in [3.63, 3.8) is 0 Å². The summed E-state index contributed by atoms with van der Waals surface area (Å²) in [7, 11) is 0. The summed E-state index contributed by atoms with van der Waals surface area (Å²) in [5, 5.41) is 17.2. The van der Waals surface area contributed by atoms with Crippen molar-refractivity contribution in [2.45, 2.75) is 71.8 Å². The van der Waals surface area contributed by atoms with Crippen LogP contribution in [0, 0.1) is 17.3 Å². The fourth-order valence-electron chi connectivity index (χ4n) is 9.55. The lowest BCUT2D eigenvalue weighted by Crippen LogP contribution is -2.65. The first kappa shape index (κ1) is 57.8. The highest BCUT2D eigenvalue weighted by molar-refractivity contribution is 9.10. The summed E-state index contributed by atoms with van der Waals surface area (Å²) in [6.45, 7) is 28.8. The van der Waals surface area contributed by atoms with Gasteiger partial charge < -0.3 is 49.5 Å². The zero-order chi connectivity index (χ0) is 54.4. The molecule has 10 rings (SSSR count). The molecule has 76 heavy (non-hydrogen) atoms. The van der Waals surface area contributed by atoms with Gasteiger partial charge in [-0.25, -0.2) is 24.5 Å². The Kier molecular flexibility index (Phi) is 20.5. The number of nitriles is 1. The number of nitrogens with zero attached hydrogens (tertiary/aromatic N) is 12. The molecule has 2 atom stereocenters. The fourth-order valence-corrected chi connectivity index (χ4v) is 10.2. The minimum atomic E-state index is -0.459. The summed E-state index contributed by atoms with van der Waals surface area (Å²) in [6.07, 6.45) is 6.48. The number of aromatic nitrogens is 4. The number of amides is 2. The van der Waals surface area contributed by atoms with Gasteiger partial charge in [0.1, 0.15) is 28.9 Å². The second-order valence-electron chi connectivity index (χ2n) is 21.1. The van der Waals surface area contributed by atoms with E-state index in [0.717, 1.165) is 125 Å². The monoisotopic (exact) mass is 1170 g/mol. The number of rotatable bonds is 4. The number of hydrogen-bond donors (Lipinski definition) is 2. The summed E-state index contributed by atoms with van der Waals surface area (Å²) in [4.78, 5) is 56.1. The molecule has 21 heteroatoms. The molecule has 18 nitrogen and oxygen atoms in total. The highest BCUT2D eigenvalue weighted by Crippen LogP contribution is 2.33. The van der Waals surface area contributed by atoms with E-state index in [2.05, 4.69) is 124 Å². The molecule has 0 spiro atoms. The first-order chi connectivity index (χ1) is 36.3. The van der Waals surface area contributed by atoms with Gasteiger partial charge in [0.15, 0.2) is 0 Å². The van der Waals surface area contributed by atoms with Gasteiger partial charge in [-0.05, 0) is 97.0 Å². The van der Waals surface area contributed by atoms with Crippen LogP contribution in [0.1, 0.15) is 54.0 Å². The molecular weight excluding hydrogens is 1100 g/mol. The molecule has 0 saturated carbocycles. The normalized spacial score (nSPS) is 19.1. The predicted octanol–water partition coefficient (Wildman–Crippen LogP) is 8.02. The SMILES string of the molecule is CC(C)(C)OC(=O)N1CCN(c2cc(Br)ccn2)CC1.CC(C)(C)OC(=O)N1CCNCC1.C[C@@H]1CN(c2ccc(C#N)c3ncccc23)C[C@@H]2CN(c3ccnc(N4CCNCC4)c3)CCN21.Fc1cc(Br)ccn1. The number of benzene rings is 1. The van der Waals surface area contributed by atoms with Crippen LogP contribution >= 0.6 is 31.9 Å². The molecule has 0 bridgehead atoms. The van der Waals surface area contributed by atoms with Crippen molar-refractivity contribution in [2.24, 2.45) is 0 Å². The Morgan fingerprint density at radius 2 is 1.18 bits per heavy atom. The smallest absolute Gasteiger partial charge is 0.410 e. The highest BCUT2D eigenvalue weighted by Gasteiger charge is 2.37. The van der Waals surface area contributed by atoms with Crippen molar-refractivity contribution in [3.05, 3.63) is 106 Å². The molecule has 5 aliphatic heterocycles. The van der Waals surface area contributed by atoms with Crippen LogP contribution in [0.15, 0.2) is 94.4 Å². The van der Waals surface area contributed by atoms with Crippen LogP contribution in [0.2, 0.25) is 0 Å². The van der Waals surface area contributed by atoms with Gasteiger partial charge in [0.2, 0.25) is 5.95 Å². The molecule has 0 radical (unpaired) electrons. The summed E-state index contributed by atoms with van der Waals surface area (Å²) in [5.41, 5.74) is 3.05. The van der Waals surface area contributed by atoms with E-state index in [4.69, 9.17) is 9.47 Å². The molecule has 5 saturated heterocycles. The van der Waals surface area contributed by atoms with Crippen molar-refractivity contribution in [3.8, 4) is 6.07 Å². The molecule has 2 N–H and O–H groups in total. The van der Waals surface area contributed by atoms with Gasteiger partial charge in [0.05, 0.1) is 11.1 Å². The van der Waals surface area contributed by atoms with Crippen molar-refractivity contribution in [1.29, 1.82) is 5.26 Å². The summed E-state index contributed by atoms with van der Waals surface area (Å²) >= 11 is 6.53. The summed E-state index contributed by atoms with van der Waals surface area (Å²) in [5.74, 6) is 1.56. The highest BCUT2D eigenvalue weighted by atomic mass is 79.9. The lowest BCUT2D eigenvalue weighted by molar-refractivity contribution is 0.0223. The molecule has 1 aromatic carbocycles. The van der Waals surface area contributed by atoms with Gasteiger partial charge in [0.25, 0.3) is 0 Å². The molecular formula is C55H73Br2FN14O4. The van der Waals surface area contributed by atoms with Gasteiger partial charge in [0, 0.05) is 186 Å². The number of carbonyl (C=O) groups is 2. The number of pyridine rings is 4. The number of ether oxygens (including phenoxy) is 2. The number of piperazine rings is 5. The van der Waals surface area contributed by atoms with E-state index in [1.165, 1.54) is 23.6 Å². The van der Waals surface area contributed by atoms with E-state index >= 15 is 0 Å². The van der Waals surface area contributed by atoms with Gasteiger partial charge in [-0.2, -0.15) is 9.65 Å². The van der Waals surface area contributed by atoms with Crippen molar-refractivity contribution in [2.75, 3.05) is 131 Å². The Labute approximate surface area is 464 Å². The molecule has 5 aromatic rings. The van der Waals surface area contributed by atoms with Gasteiger partial charge >= 0.3 is 12.2 Å². The van der Waals surface area contributed by atoms with Crippen LogP contribution in [0.5, 0.6) is 0 Å². The lowest BCUT2D eigenvalue weighted by Gasteiger charge is -2.51. The number of anilines is 4. The van der Waals surface area contributed by atoms with Crippen LogP contribution in [-0.2, 0) is 9.47 Å². The van der Waals surface area contributed by atoms with E-state index in [-0.39, 0.29) is 17.8 Å². The molecule has 0 unspecified atom stereocenters. The van der Waals surface area contributed by atoms with Gasteiger partial charge in [-0.15, -0.1) is 0 Å². The van der Waals surface area contributed by atoms with Crippen LogP contribution < -0.4 is 30.2 Å². The second kappa shape index (κ2) is 26.9. The fraction of sp³-hybridized carbons (Fsp3) is 0.509. The quantitative estimate of drug-likeness (QED) is 0.165. The maximum atomic E-state index is 12.0. The standard InChI is InChI=1S/C27H32N8.C14H20BrN3O2.C9H18N2O2.C5H3BrFN/c1-20-17-34(25-5-4-21(16-28)27-24(25)3-2-7-31-27)19-23-18-33(13-14-35(20)23)22-6-8-30-26(15-22)32-11-9-29-10-12-32;1-14(2,3)20-13(19)18-8-6-17(7-9-18)12-10-11(15)4-5-16-12;1-9(2,3)13-8(12)11-6-4-10-5-7-11;6-4-1-2-8-5(7)3-4/h2-8,15,20,23,29H,9-14,17-19H2,1H3;4-5,10H,6-9H2,1-3H3;10H,4-7H2,1-3H3;1-3H/t20-,23+;;;/m1.../s1. The van der Waals surface area contributed by atoms with E-state index in [0.29, 0.717) is 35.2 Å². The topological polar surface area (TPSA) is 175 Å². The van der Waals surface area contributed by atoms with E-state index in [9.17, 15) is 19.2 Å². The average Bonchev–Trinajstić information content (AvgIpc) is 3.40. The number of nitrogens with one attached hydrogen (secondary N) is 2. The molecule has 9 heterocycles. The zero-order valence-electron chi connectivity index (χ0n) is 44.9. The Hall–Kier alpha value is -5.92. The predicted molar refractivity (Wildman–Crippen MR) is 305 cm³/mol. The van der Waals surface area contributed by atoms with Crippen LogP contribution in [0.3, 0.4) is 0 Å². The Morgan fingerprint density at radius 1 is 0.632 bits per heavy atom. The van der Waals surface area contributed by atoms with Crippen LogP contribution in [-0.4, -0.2) is 181 Å². The number of carbonyl (C=O) groups excluding carboxylic acids is 2. The Morgan fingerprint density at radius 3 is 1.78 bits per heavy atom. The molecule has 5 fully saturated rings. The first-order valence-corrected chi connectivity index (χ1v) is 27.7. The maximum Gasteiger partial charge on any atom is 0.410 e. The summed E-state index contributed by atoms with van der Waals surface area (Å²) in [6, 6.07) is 22.6. The largest absolute Gasteiger partial charge is 0.444 e. The first-order valence-electron chi connectivity index (χ1n) is 26.1. The van der Waals surface area contributed by atoms with Gasteiger partial charge in [-0.3, -0.25) is 9.88 Å². The maximum absolute atomic E-state index is 12.0. The van der Waals surface area contributed by atoms with Crippen molar-refractivity contribution >= 4 is 78.0 Å². The van der Waals surface area contributed by atoms with E-state index in [1.54, 1.807) is 28.3 Å². The molecule has 0 aliphatic carbocycles. The summed E-state index contributed by atoms with van der Waals surface area (Å²) < 4.78 is 24.4. The molecule has 2 amide bonds. The number of halogens is 3. The third-order valence-electron chi connectivity index (χ3n) is 13.2. The zero-order valence-corrected chi connectivity index (χ0v) is 48.1. The third kappa shape index (κ3) is 16.8. The number of hydrogen-bond acceptors (Lipinski definition) is 16. The minimum Gasteiger partial charge on any atom is -0.444 e. The number of fused-ring (bicyclic) bond motifs is 2. The third-order valence-corrected chi connectivity index (χ3v) is 14.2. The molecule has 4 aromatic heterocycles. The lowest BCUT2D eigenvalue weighted by atomic mass is 10.0. The Bertz CT molecular complexity index is 2720. The van der Waals surface area contributed by atoms with Crippen molar-refractivity contribution < 1.29 is 23.5 Å². The molecule has 408 valence electrons. The van der Waals surface area contributed by atoms with E-state index < -0.39 is 11.5 Å². The minimum absolute atomic E-state index is 0.200. The second-order valence-corrected chi connectivity index (χ2v) is 23.0. The van der Waals surface area contributed by atoms with Crippen LogP contribution in [0.25, 0.3) is 10.9 Å². The van der Waals surface area contributed by atoms with Crippen LogP contribution in [0.4, 0.5) is 37.0 Å². The Balaban J connectivity index is 0.000000172. The average molecular weight is 1170 g/mol. The molecule has 5 aliphatic rings. The van der Waals surface area contributed by atoms with Gasteiger partial charge in [-0.1, -0.05) is 31.9 Å². The van der Waals surface area contributed by atoms with E-state index in [1.807, 2.05) is 72.0 Å². The van der Waals surface area contributed by atoms with Crippen molar-refractivity contribution in [1.82, 2.24) is 45.3 Å².